The highest BCUT2D eigenvalue weighted by atomic mass is 16.6. The lowest BCUT2D eigenvalue weighted by atomic mass is 10.1. The Morgan fingerprint density at radius 3 is 2.82 bits per heavy atom. The van der Waals surface area contributed by atoms with E-state index in [9.17, 15) is 20.0 Å². The van der Waals surface area contributed by atoms with Crippen molar-refractivity contribution in [3.05, 3.63) is 33.9 Å². The Morgan fingerprint density at radius 2 is 2.24 bits per heavy atom. The molecule has 1 aliphatic rings. The number of hydrogen-bond donors (Lipinski definition) is 2. The number of carbonyl (C=O) groups excluding carboxylic acids is 1. The predicted molar refractivity (Wildman–Crippen MR) is 59.8 cm³/mol. The third-order valence-electron chi connectivity index (χ3n) is 2.70. The lowest BCUT2D eigenvalue weighted by Gasteiger charge is -2.05. The van der Waals surface area contributed by atoms with Crippen LogP contribution in [0, 0.1) is 16.0 Å². The van der Waals surface area contributed by atoms with Gasteiger partial charge < -0.3 is 10.4 Å². The molecule has 0 bridgehead atoms. The quantitative estimate of drug-likeness (QED) is 0.611. The van der Waals surface area contributed by atoms with Gasteiger partial charge in [0.2, 0.25) is 5.75 Å². The molecule has 90 valence electrons. The first kappa shape index (κ1) is 11.4. The summed E-state index contributed by atoms with van der Waals surface area (Å²) in [7, 11) is 0. The molecule has 0 aromatic heterocycles. The number of amides is 1. The van der Waals surface area contributed by atoms with Crippen molar-refractivity contribution in [2.75, 3.05) is 6.54 Å². The van der Waals surface area contributed by atoms with E-state index in [1.54, 1.807) is 0 Å². The largest absolute Gasteiger partial charge is 0.502 e. The number of hydrogen-bond acceptors (Lipinski definition) is 4. The number of rotatable bonds is 4. The predicted octanol–water partition coefficient (Wildman–Crippen LogP) is 1.44. The monoisotopic (exact) mass is 236 g/mol. The summed E-state index contributed by atoms with van der Waals surface area (Å²) < 4.78 is 0. The van der Waals surface area contributed by atoms with E-state index in [1.807, 2.05) is 0 Å². The van der Waals surface area contributed by atoms with Crippen LogP contribution < -0.4 is 5.32 Å². The van der Waals surface area contributed by atoms with Gasteiger partial charge in [0.25, 0.3) is 5.91 Å². The topological polar surface area (TPSA) is 92.5 Å². The lowest BCUT2D eigenvalue weighted by Crippen LogP contribution is -2.25. The van der Waals surface area contributed by atoms with Crippen molar-refractivity contribution >= 4 is 11.6 Å². The molecule has 0 atom stereocenters. The second kappa shape index (κ2) is 4.40. The molecular weight excluding hydrogens is 224 g/mol. The number of nitro groups is 1. The van der Waals surface area contributed by atoms with Gasteiger partial charge in [-0.25, -0.2) is 0 Å². The summed E-state index contributed by atoms with van der Waals surface area (Å²) in [6.45, 7) is 0.557. The number of phenols is 1. The Bertz CT molecular complexity index is 469. The summed E-state index contributed by atoms with van der Waals surface area (Å²) in [5, 5.41) is 22.8. The first-order valence-corrected chi connectivity index (χ1v) is 5.34. The molecule has 0 spiro atoms. The summed E-state index contributed by atoms with van der Waals surface area (Å²) in [5.74, 6) is -0.538. The second-order valence-electron chi connectivity index (χ2n) is 4.08. The number of nitrogens with zero attached hydrogens (tertiary/aromatic N) is 1. The highest BCUT2D eigenvalue weighted by molar-refractivity contribution is 5.98. The minimum absolute atomic E-state index is 0.0557. The molecule has 2 N–H and O–H groups in total. The van der Waals surface area contributed by atoms with E-state index < -0.39 is 22.3 Å². The number of aromatic hydroxyl groups is 1. The van der Waals surface area contributed by atoms with Crippen molar-refractivity contribution in [1.82, 2.24) is 5.32 Å². The number of benzene rings is 1. The SMILES string of the molecule is O=C(NCC1CC1)c1cccc([N+](=O)[O-])c1O. The summed E-state index contributed by atoms with van der Waals surface area (Å²) in [6, 6.07) is 3.90. The Balaban J connectivity index is 2.15. The molecule has 0 aliphatic heterocycles. The van der Waals surface area contributed by atoms with Crippen LogP contribution in [0.2, 0.25) is 0 Å². The molecule has 17 heavy (non-hydrogen) atoms. The number of phenolic OH excluding ortho intramolecular Hbond substituents is 1. The maximum Gasteiger partial charge on any atom is 0.311 e. The summed E-state index contributed by atoms with van der Waals surface area (Å²) >= 11 is 0. The minimum Gasteiger partial charge on any atom is -0.502 e. The highest BCUT2D eigenvalue weighted by Crippen LogP contribution is 2.30. The van der Waals surface area contributed by atoms with Crippen molar-refractivity contribution < 1.29 is 14.8 Å². The zero-order valence-corrected chi connectivity index (χ0v) is 9.05. The average molecular weight is 236 g/mol. The van der Waals surface area contributed by atoms with Crippen molar-refractivity contribution in [3.63, 3.8) is 0 Å². The molecule has 0 unspecified atom stereocenters. The van der Waals surface area contributed by atoms with Gasteiger partial charge in [-0.1, -0.05) is 6.07 Å². The second-order valence-corrected chi connectivity index (χ2v) is 4.08. The van der Waals surface area contributed by atoms with Gasteiger partial charge in [0, 0.05) is 12.6 Å². The molecule has 2 rings (SSSR count). The molecule has 1 amide bonds. The molecule has 1 fully saturated rings. The Morgan fingerprint density at radius 1 is 1.53 bits per heavy atom. The third kappa shape index (κ3) is 2.52. The number of nitrogens with one attached hydrogen (secondary N) is 1. The van der Waals surface area contributed by atoms with Crippen molar-refractivity contribution in [1.29, 1.82) is 0 Å². The van der Waals surface area contributed by atoms with Crippen LogP contribution in [0.1, 0.15) is 23.2 Å². The van der Waals surface area contributed by atoms with Crippen molar-refractivity contribution in [2.45, 2.75) is 12.8 Å². The van der Waals surface area contributed by atoms with Crippen molar-refractivity contribution in [3.8, 4) is 5.75 Å². The fourth-order valence-electron chi connectivity index (χ4n) is 1.52. The highest BCUT2D eigenvalue weighted by Gasteiger charge is 2.24. The van der Waals surface area contributed by atoms with E-state index in [2.05, 4.69) is 5.32 Å². The maximum absolute atomic E-state index is 11.7. The molecule has 6 heteroatoms. The van der Waals surface area contributed by atoms with E-state index in [0.717, 1.165) is 18.9 Å². The standard InChI is InChI=1S/C11H12N2O4/c14-10-8(2-1-3-9(10)13(16)17)11(15)12-6-7-4-5-7/h1-3,7,14H,4-6H2,(H,12,15). The third-order valence-corrected chi connectivity index (χ3v) is 2.70. The van der Waals surface area contributed by atoms with Crippen molar-refractivity contribution in [2.24, 2.45) is 5.92 Å². The fourth-order valence-corrected chi connectivity index (χ4v) is 1.52. The van der Waals surface area contributed by atoms with E-state index >= 15 is 0 Å². The zero-order valence-electron chi connectivity index (χ0n) is 9.05. The van der Waals surface area contributed by atoms with Gasteiger partial charge in [0.1, 0.15) is 0 Å². The van der Waals surface area contributed by atoms with Crippen LogP contribution in [-0.2, 0) is 0 Å². The van der Waals surface area contributed by atoms with Gasteiger partial charge in [-0.15, -0.1) is 0 Å². The van der Waals surface area contributed by atoms with Crippen LogP contribution in [0.15, 0.2) is 18.2 Å². The summed E-state index contributed by atoms with van der Waals surface area (Å²) in [6.07, 6.45) is 2.20. The van der Waals surface area contributed by atoms with Gasteiger partial charge in [-0.3, -0.25) is 14.9 Å². The summed E-state index contributed by atoms with van der Waals surface area (Å²) in [5.41, 5.74) is -0.510. The minimum atomic E-state index is -0.715. The molecule has 0 saturated heterocycles. The first-order chi connectivity index (χ1) is 8.09. The molecular formula is C11H12N2O4. The van der Waals surface area contributed by atoms with E-state index in [0.29, 0.717) is 12.5 Å². The molecule has 1 saturated carbocycles. The Kier molecular flexibility index (Phi) is 2.95. The van der Waals surface area contributed by atoms with Crippen LogP contribution in [0.3, 0.4) is 0 Å². The molecule has 1 aliphatic carbocycles. The zero-order chi connectivity index (χ0) is 12.4. The lowest BCUT2D eigenvalue weighted by molar-refractivity contribution is -0.385. The fraction of sp³-hybridized carbons (Fsp3) is 0.364. The van der Waals surface area contributed by atoms with E-state index in [1.165, 1.54) is 12.1 Å². The van der Waals surface area contributed by atoms with Crippen LogP contribution in [0.5, 0.6) is 5.75 Å². The number of para-hydroxylation sites is 1. The smallest absolute Gasteiger partial charge is 0.311 e. The van der Waals surface area contributed by atoms with Gasteiger partial charge in [0.15, 0.2) is 0 Å². The van der Waals surface area contributed by atoms with Crippen LogP contribution in [0.4, 0.5) is 5.69 Å². The van der Waals surface area contributed by atoms with Crippen LogP contribution in [-0.4, -0.2) is 22.5 Å². The average Bonchev–Trinajstić information content (AvgIpc) is 3.09. The van der Waals surface area contributed by atoms with Gasteiger partial charge in [-0.05, 0) is 24.8 Å². The molecule has 0 radical (unpaired) electrons. The Labute approximate surface area is 97.4 Å². The van der Waals surface area contributed by atoms with E-state index in [-0.39, 0.29) is 5.56 Å². The van der Waals surface area contributed by atoms with Gasteiger partial charge >= 0.3 is 5.69 Å². The molecule has 1 aromatic rings. The Hall–Kier alpha value is -2.11. The van der Waals surface area contributed by atoms with Crippen LogP contribution >= 0.6 is 0 Å². The summed E-state index contributed by atoms with van der Waals surface area (Å²) in [4.78, 5) is 21.6. The van der Waals surface area contributed by atoms with E-state index in [4.69, 9.17) is 0 Å². The molecule has 6 nitrogen and oxygen atoms in total. The normalized spacial score (nSPS) is 14.4. The van der Waals surface area contributed by atoms with Crippen LogP contribution in [0.25, 0.3) is 0 Å². The van der Waals surface area contributed by atoms with Gasteiger partial charge in [-0.2, -0.15) is 0 Å². The van der Waals surface area contributed by atoms with Gasteiger partial charge in [0.05, 0.1) is 10.5 Å². The maximum atomic E-state index is 11.7. The molecule has 0 heterocycles. The number of nitro benzene ring substituents is 1. The number of carbonyl (C=O) groups is 1. The molecule has 1 aromatic carbocycles. The first-order valence-electron chi connectivity index (χ1n) is 5.34.